The number of hydrogen-bond donors (Lipinski definition) is 1. The molecule has 0 bridgehead atoms. The lowest BCUT2D eigenvalue weighted by Gasteiger charge is -2.01. The highest BCUT2D eigenvalue weighted by Crippen LogP contribution is 2.19. The lowest BCUT2D eigenvalue weighted by molar-refractivity contribution is 0.371. The standard InChI is InChI=1S/C8H13N3O/c1-2-7-10-8(11-12-7)6-4-3-5-9-6/h6,9H,2-5H2,1H3/t6-/m1/s1. The van der Waals surface area contributed by atoms with Crippen molar-refractivity contribution in [1.29, 1.82) is 0 Å². The van der Waals surface area contributed by atoms with E-state index in [0.717, 1.165) is 31.1 Å². The van der Waals surface area contributed by atoms with Gasteiger partial charge in [-0.15, -0.1) is 0 Å². The molecule has 0 spiro atoms. The molecule has 0 radical (unpaired) electrons. The van der Waals surface area contributed by atoms with E-state index in [9.17, 15) is 0 Å². The molecule has 4 heteroatoms. The fourth-order valence-electron chi connectivity index (χ4n) is 1.46. The molecule has 66 valence electrons. The van der Waals surface area contributed by atoms with E-state index >= 15 is 0 Å². The van der Waals surface area contributed by atoms with Crippen LogP contribution in [0.5, 0.6) is 0 Å². The van der Waals surface area contributed by atoms with E-state index in [1.165, 1.54) is 6.42 Å². The van der Waals surface area contributed by atoms with Gasteiger partial charge in [-0.05, 0) is 19.4 Å². The van der Waals surface area contributed by atoms with Gasteiger partial charge in [-0.3, -0.25) is 0 Å². The van der Waals surface area contributed by atoms with E-state index in [0.29, 0.717) is 6.04 Å². The molecule has 0 saturated carbocycles. The first kappa shape index (κ1) is 7.73. The Hall–Kier alpha value is -0.900. The first-order valence-electron chi connectivity index (χ1n) is 4.46. The smallest absolute Gasteiger partial charge is 0.226 e. The number of aryl methyl sites for hydroxylation is 1. The molecule has 1 fully saturated rings. The third-order valence-corrected chi connectivity index (χ3v) is 2.16. The van der Waals surface area contributed by atoms with Crippen LogP contribution in [-0.4, -0.2) is 16.7 Å². The van der Waals surface area contributed by atoms with Crippen LogP contribution in [0.2, 0.25) is 0 Å². The van der Waals surface area contributed by atoms with Crippen LogP contribution >= 0.6 is 0 Å². The molecule has 2 heterocycles. The zero-order chi connectivity index (χ0) is 8.39. The molecule has 1 aliphatic heterocycles. The molecule has 1 N–H and O–H groups in total. The van der Waals surface area contributed by atoms with Crippen molar-refractivity contribution in [3.8, 4) is 0 Å². The van der Waals surface area contributed by atoms with Crippen molar-refractivity contribution >= 4 is 0 Å². The molecule has 0 aliphatic carbocycles. The second kappa shape index (κ2) is 3.23. The Bertz CT molecular complexity index is 253. The highest BCUT2D eigenvalue weighted by molar-refractivity contribution is 4.96. The largest absolute Gasteiger partial charge is 0.339 e. The van der Waals surface area contributed by atoms with Crippen LogP contribution in [0.4, 0.5) is 0 Å². The van der Waals surface area contributed by atoms with Crippen molar-refractivity contribution in [3.63, 3.8) is 0 Å². The van der Waals surface area contributed by atoms with Gasteiger partial charge in [0.25, 0.3) is 0 Å². The minimum atomic E-state index is 0.328. The summed E-state index contributed by atoms with van der Waals surface area (Å²) in [7, 11) is 0. The first-order valence-corrected chi connectivity index (χ1v) is 4.46. The van der Waals surface area contributed by atoms with E-state index in [4.69, 9.17) is 4.52 Å². The highest BCUT2D eigenvalue weighted by atomic mass is 16.5. The number of rotatable bonds is 2. The van der Waals surface area contributed by atoms with Gasteiger partial charge in [0.05, 0.1) is 6.04 Å². The molecule has 1 aliphatic rings. The summed E-state index contributed by atoms with van der Waals surface area (Å²) in [6.45, 7) is 3.08. The average Bonchev–Trinajstić information content (AvgIpc) is 2.75. The number of nitrogens with zero attached hydrogens (tertiary/aromatic N) is 2. The van der Waals surface area contributed by atoms with E-state index < -0.39 is 0 Å². The van der Waals surface area contributed by atoms with Gasteiger partial charge in [-0.2, -0.15) is 4.98 Å². The van der Waals surface area contributed by atoms with Crippen molar-refractivity contribution in [2.24, 2.45) is 0 Å². The Morgan fingerprint density at radius 2 is 2.58 bits per heavy atom. The summed E-state index contributed by atoms with van der Waals surface area (Å²) in [4.78, 5) is 4.27. The lowest BCUT2D eigenvalue weighted by Crippen LogP contribution is -2.14. The molecular weight excluding hydrogens is 154 g/mol. The SMILES string of the molecule is CCc1nc([C@H]2CCCN2)no1. The molecular formula is C8H13N3O. The quantitative estimate of drug-likeness (QED) is 0.715. The van der Waals surface area contributed by atoms with Crippen LogP contribution in [0, 0.1) is 0 Å². The van der Waals surface area contributed by atoms with Gasteiger partial charge in [0.1, 0.15) is 0 Å². The van der Waals surface area contributed by atoms with Gasteiger partial charge in [0.2, 0.25) is 5.89 Å². The van der Waals surface area contributed by atoms with Gasteiger partial charge in [-0.1, -0.05) is 12.1 Å². The maximum atomic E-state index is 5.03. The van der Waals surface area contributed by atoms with Crippen LogP contribution in [0.25, 0.3) is 0 Å². The highest BCUT2D eigenvalue weighted by Gasteiger charge is 2.20. The molecule has 1 aromatic heterocycles. The minimum Gasteiger partial charge on any atom is -0.339 e. The van der Waals surface area contributed by atoms with Gasteiger partial charge in [0, 0.05) is 6.42 Å². The van der Waals surface area contributed by atoms with E-state index in [1.807, 2.05) is 6.92 Å². The van der Waals surface area contributed by atoms with Crippen LogP contribution in [0.3, 0.4) is 0 Å². The zero-order valence-electron chi connectivity index (χ0n) is 7.21. The summed E-state index contributed by atoms with van der Waals surface area (Å²) in [6, 6.07) is 0.328. The van der Waals surface area contributed by atoms with Gasteiger partial charge in [0.15, 0.2) is 5.82 Å². The Balaban J connectivity index is 2.11. The third-order valence-electron chi connectivity index (χ3n) is 2.16. The fourth-order valence-corrected chi connectivity index (χ4v) is 1.46. The molecule has 1 saturated heterocycles. The normalized spacial score (nSPS) is 23.2. The van der Waals surface area contributed by atoms with Gasteiger partial charge >= 0.3 is 0 Å². The summed E-state index contributed by atoms with van der Waals surface area (Å²) in [5, 5.41) is 7.25. The molecule has 12 heavy (non-hydrogen) atoms. The topological polar surface area (TPSA) is 51.0 Å². The third kappa shape index (κ3) is 1.34. The number of aromatic nitrogens is 2. The maximum absolute atomic E-state index is 5.03. The van der Waals surface area contributed by atoms with Crippen molar-refractivity contribution in [3.05, 3.63) is 11.7 Å². The maximum Gasteiger partial charge on any atom is 0.226 e. The first-order chi connectivity index (χ1) is 5.90. The summed E-state index contributed by atoms with van der Waals surface area (Å²) in [5.74, 6) is 1.56. The summed E-state index contributed by atoms with van der Waals surface area (Å²) < 4.78 is 5.03. The molecule has 0 amide bonds. The summed E-state index contributed by atoms with van der Waals surface area (Å²) >= 11 is 0. The van der Waals surface area contributed by atoms with Crippen molar-refractivity contribution < 1.29 is 4.52 Å². The number of hydrogen-bond acceptors (Lipinski definition) is 4. The molecule has 0 aromatic carbocycles. The molecule has 1 atom stereocenters. The molecule has 0 unspecified atom stereocenters. The molecule has 2 rings (SSSR count). The Kier molecular flexibility index (Phi) is 2.08. The lowest BCUT2D eigenvalue weighted by atomic mass is 10.2. The van der Waals surface area contributed by atoms with Crippen LogP contribution in [0.1, 0.15) is 37.5 Å². The average molecular weight is 167 g/mol. The van der Waals surface area contributed by atoms with Gasteiger partial charge < -0.3 is 9.84 Å². The van der Waals surface area contributed by atoms with E-state index in [-0.39, 0.29) is 0 Å². The summed E-state index contributed by atoms with van der Waals surface area (Å²) in [5.41, 5.74) is 0. The van der Waals surface area contributed by atoms with E-state index in [1.54, 1.807) is 0 Å². The molecule has 4 nitrogen and oxygen atoms in total. The predicted molar refractivity (Wildman–Crippen MR) is 43.7 cm³/mol. The fraction of sp³-hybridized carbons (Fsp3) is 0.750. The van der Waals surface area contributed by atoms with Crippen molar-refractivity contribution in [2.45, 2.75) is 32.2 Å². The Morgan fingerprint density at radius 1 is 1.67 bits per heavy atom. The minimum absolute atomic E-state index is 0.328. The van der Waals surface area contributed by atoms with Crippen LogP contribution in [0.15, 0.2) is 4.52 Å². The van der Waals surface area contributed by atoms with Crippen molar-refractivity contribution in [2.75, 3.05) is 6.54 Å². The van der Waals surface area contributed by atoms with Crippen molar-refractivity contribution in [1.82, 2.24) is 15.5 Å². The Morgan fingerprint density at radius 3 is 3.17 bits per heavy atom. The van der Waals surface area contributed by atoms with Gasteiger partial charge in [-0.25, -0.2) is 0 Å². The summed E-state index contributed by atoms with van der Waals surface area (Å²) in [6.07, 6.45) is 3.16. The molecule has 1 aromatic rings. The monoisotopic (exact) mass is 167 g/mol. The van der Waals surface area contributed by atoms with Crippen LogP contribution in [-0.2, 0) is 6.42 Å². The second-order valence-electron chi connectivity index (χ2n) is 3.05. The number of nitrogens with one attached hydrogen (secondary N) is 1. The van der Waals surface area contributed by atoms with Crippen LogP contribution < -0.4 is 5.32 Å². The van der Waals surface area contributed by atoms with E-state index in [2.05, 4.69) is 15.5 Å². The second-order valence-corrected chi connectivity index (χ2v) is 3.05. The predicted octanol–water partition coefficient (Wildman–Crippen LogP) is 1.06. The Labute approximate surface area is 71.4 Å². The zero-order valence-corrected chi connectivity index (χ0v) is 7.21.